The minimum atomic E-state index is -0.0406. The lowest BCUT2D eigenvalue weighted by Crippen LogP contribution is -2.29. The molecule has 1 unspecified atom stereocenters. The van der Waals surface area contributed by atoms with E-state index in [1.807, 2.05) is 11.0 Å². The van der Waals surface area contributed by atoms with Gasteiger partial charge < -0.3 is 15.5 Å². The summed E-state index contributed by atoms with van der Waals surface area (Å²) in [6.07, 6.45) is 10.4. The number of carbonyl (C=O) groups excluding carboxylic acids is 2. The molecule has 1 aliphatic heterocycles. The largest absolute Gasteiger partial charge is 0.377 e. The second-order valence-corrected chi connectivity index (χ2v) is 10.1. The van der Waals surface area contributed by atoms with Crippen LogP contribution in [-0.2, 0) is 11.2 Å². The third-order valence-electron chi connectivity index (χ3n) is 7.80. The second kappa shape index (κ2) is 10.2. The third kappa shape index (κ3) is 4.57. The molecule has 2 aromatic rings. The molecule has 1 heterocycles. The van der Waals surface area contributed by atoms with Gasteiger partial charge in [0.15, 0.2) is 0 Å². The standard InChI is InChI=1S/C29H37N3O2/c1-2-16-30-29(34)25-19-22(32-17-8-15-27(32)33)18-24(21-10-3-4-11-21)28(25)31-26-14-7-12-20-9-5-6-13-23(20)26/h5-6,9,13,18-19,21,26,31H,2-4,7-8,10-12,14-17H2,1H3,(H,30,34). The van der Waals surface area contributed by atoms with Crippen molar-refractivity contribution in [1.29, 1.82) is 0 Å². The number of carbonyl (C=O) groups is 2. The van der Waals surface area contributed by atoms with Gasteiger partial charge in [0.1, 0.15) is 0 Å². The fourth-order valence-electron chi connectivity index (χ4n) is 6.04. The molecule has 2 aromatic carbocycles. The van der Waals surface area contributed by atoms with Crippen LogP contribution in [0.5, 0.6) is 0 Å². The first kappa shape index (κ1) is 22.9. The molecule has 0 radical (unpaired) electrons. The second-order valence-electron chi connectivity index (χ2n) is 10.1. The van der Waals surface area contributed by atoms with Gasteiger partial charge in [-0.05, 0) is 79.7 Å². The van der Waals surface area contributed by atoms with Crippen LogP contribution in [0.3, 0.4) is 0 Å². The first-order chi connectivity index (χ1) is 16.7. The van der Waals surface area contributed by atoms with Crippen molar-refractivity contribution in [2.75, 3.05) is 23.3 Å². The summed E-state index contributed by atoms with van der Waals surface area (Å²) in [7, 11) is 0. The highest BCUT2D eigenvalue weighted by Gasteiger charge is 2.30. The monoisotopic (exact) mass is 459 g/mol. The Bertz CT molecular complexity index is 1060. The SMILES string of the molecule is CCCNC(=O)c1cc(N2CCCC2=O)cc(C2CCCC2)c1NC1CCCc2ccccc21. The summed E-state index contributed by atoms with van der Waals surface area (Å²) in [5.41, 5.74) is 6.54. The molecule has 5 rings (SSSR count). The highest BCUT2D eigenvalue weighted by atomic mass is 16.2. The van der Waals surface area contributed by atoms with Gasteiger partial charge in [-0.3, -0.25) is 9.59 Å². The Labute approximate surface area is 203 Å². The van der Waals surface area contributed by atoms with Gasteiger partial charge in [-0.25, -0.2) is 0 Å². The van der Waals surface area contributed by atoms with Crippen molar-refractivity contribution in [3.05, 3.63) is 58.7 Å². The van der Waals surface area contributed by atoms with E-state index >= 15 is 0 Å². The average Bonchev–Trinajstić information content (AvgIpc) is 3.55. The summed E-state index contributed by atoms with van der Waals surface area (Å²) in [5.74, 6) is 0.553. The van der Waals surface area contributed by atoms with Crippen LogP contribution >= 0.6 is 0 Å². The fraction of sp³-hybridized carbons (Fsp3) is 0.517. The first-order valence-corrected chi connectivity index (χ1v) is 13.3. The summed E-state index contributed by atoms with van der Waals surface area (Å²) < 4.78 is 0. The van der Waals surface area contributed by atoms with E-state index in [-0.39, 0.29) is 17.9 Å². The third-order valence-corrected chi connectivity index (χ3v) is 7.80. The van der Waals surface area contributed by atoms with E-state index in [4.69, 9.17) is 0 Å². The molecule has 1 atom stereocenters. The highest BCUT2D eigenvalue weighted by molar-refractivity contribution is 6.03. The van der Waals surface area contributed by atoms with Gasteiger partial charge in [0.2, 0.25) is 5.91 Å². The minimum absolute atomic E-state index is 0.0406. The van der Waals surface area contributed by atoms with Gasteiger partial charge in [0.05, 0.1) is 17.3 Å². The van der Waals surface area contributed by atoms with E-state index in [0.717, 1.165) is 62.9 Å². The Balaban J connectivity index is 1.60. The lowest BCUT2D eigenvalue weighted by atomic mass is 9.86. The number of nitrogens with zero attached hydrogens (tertiary/aromatic N) is 1. The lowest BCUT2D eigenvalue weighted by molar-refractivity contribution is -0.117. The Morgan fingerprint density at radius 3 is 2.59 bits per heavy atom. The number of fused-ring (bicyclic) bond motifs is 1. The molecule has 3 aliphatic rings. The van der Waals surface area contributed by atoms with Crippen LogP contribution in [0.15, 0.2) is 36.4 Å². The van der Waals surface area contributed by atoms with Crippen LogP contribution in [0.1, 0.15) is 104 Å². The number of anilines is 2. The molecule has 2 fully saturated rings. The quantitative estimate of drug-likeness (QED) is 0.526. The molecule has 0 spiro atoms. The zero-order valence-electron chi connectivity index (χ0n) is 20.4. The normalized spacial score (nSPS) is 20.4. The summed E-state index contributed by atoms with van der Waals surface area (Å²) in [5, 5.41) is 6.98. The molecular formula is C29H37N3O2. The van der Waals surface area contributed by atoms with Crippen LogP contribution < -0.4 is 15.5 Å². The number of amides is 2. The highest BCUT2D eigenvalue weighted by Crippen LogP contribution is 2.44. The maximum atomic E-state index is 13.5. The predicted octanol–water partition coefficient (Wildman–Crippen LogP) is 6.10. The molecule has 5 nitrogen and oxygen atoms in total. The molecule has 1 saturated heterocycles. The van der Waals surface area contributed by atoms with Crippen molar-refractivity contribution < 1.29 is 9.59 Å². The first-order valence-electron chi connectivity index (χ1n) is 13.3. The Morgan fingerprint density at radius 2 is 1.82 bits per heavy atom. The van der Waals surface area contributed by atoms with Crippen LogP contribution in [0.2, 0.25) is 0 Å². The molecule has 5 heteroatoms. The summed E-state index contributed by atoms with van der Waals surface area (Å²) in [6.45, 7) is 3.46. The predicted molar refractivity (Wildman–Crippen MR) is 138 cm³/mol. The lowest BCUT2D eigenvalue weighted by Gasteiger charge is -2.31. The Morgan fingerprint density at radius 1 is 1.00 bits per heavy atom. The van der Waals surface area contributed by atoms with Gasteiger partial charge >= 0.3 is 0 Å². The van der Waals surface area contributed by atoms with Crippen LogP contribution in [0, 0.1) is 0 Å². The van der Waals surface area contributed by atoms with Gasteiger partial charge in [-0.15, -0.1) is 0 Å². The summed E-state index contributed by atoms with van der Waals surface area (Å²) in [4.78, 5) is 28.0. The van der Waals surface area contributed by atoms with Crippen molar-refractivity contribution in [2.24, 2.45) is 0 Å². The van der Waals surface area contributed by atoms with E-state index in [1.54, 1.807) is 0 Å². The number of nitrogens with one attached hydrogen (secondary N) is 2. The molecule has 34 heavy (non-hydrogen) atoms. The van der Waals surface area contributed by atoms with Gasteiger partial charge in [-0.1, -0.05) is 44.0 Å². The van der Waals surface area contributed by atoms with E-state index in [0.29, 0.717) is 24.4 Å². The number of aryl methyl sites for hydroxylation is 1. The Kier molecular flexibility index (Phi) is 6.89. The van der Waals surface area contributed by atoms with Gasteiger partial charge in [-0.2, -0.15) is 0 Å². The number of benzene rings is 2. The zero-order valence-corrected chi connectivity index (χ0v) is 20.4. The van der Waals surface area contributed by atoms with Crippen molar-refractivity contribution in [1.82, 2.24) is 5.32 Å². The summed E-state index contributed by atoms with van der Waals surface area (Å²) >= 11 is 0. The molecular weight excluding hydrogens is 422 g/mol. The molecule has 0 aromatic heterocycles. The average molecular weight is 460 g/mol. The number of hydrogen-bond donors (Lipinski definition) is 2. The van der Waals surface area contributed by atoms with Crippen molar-refractivity contribution in [3.63, 3.8) is 0 Å². The maximum absolute atomic E-state index is 13.5. The van der Waals surface area contributed by atoms with Crippen LogP contribution in [0.4, 0.5) is 11.4 Å². The van der Waals surface area contributed by atoms with E-state index in [9.17, 15) is 9.59 Å². The van der Waals surface area contributed by atoms with Crippen molar-refractivity contribution in [3.8, 4) is 0 Å². The molecule has 0 bridgehead atoms. The van der Waals surface area contributed by atoms with E-state index < -0.39 is 0 Å². The maximum Gasteiger partial charge on any atom is 0.253 e. The van der Waals surface area contributed by atoms with Crippen LogP contribution in [0.25, 0.3) is 0 Å². The fourth-order valence-corrected chi connectivity index (χ4v) is 6.04. The molecule has 180 valence electrons. The summed E-state index contributed by atoms with van der Waals surface area (Å²) in [6, 6.07) is 13.1. The van der Waals surface area contributed by atoms with Crippen molar-refractivity contribution in [2.45, 2.75) is 83.1 Å². The molecule has 1 saturated carbocycles. The number of rotatable bonds is 7. The van der Waals surface area contributed by atoms with Crippen LogP contribution in [-0.4, -0.2) is 24.9 Å². The smallest absolute Gasteiger partial charge is 0.253 e. The van der Waals surface area contributed by atoms with Gasteiger partial charge in [0.25, 0.3) is 5.91 Å². The minimum Gasteiger partial charge on any atom is -0.377 e. The topological polar surface area (TPSA) is 61.4 Å². The van der Waals surface area contributed by atoms with Crippen molar-refractivity contribution >= 4 is 23.2 Å². The zero-order chi connectivity index (χ0) is 23.5. The molecule has 2 amide bonds. The molecule has 2 aliphatic carbocycles. The van der Waals surface area contributed by atoms with E-state index in [2.05, 4.69) is 47.9 Å². The number of hydrogen-bond acceptors (Lipinski definition) is 3. The van der Waals surface area contributed by atoms with Gasteiger partial charge in [0, 0.05) is 25.2 Å². The Hall–Kier alpha value is -2.82. The van der Waals surface area contributed by atoms with E-state index in [1.165, 1.54) is 29.5 Å². The molecule has 2 N–H and O–H groups in total.